The number of benzene rings is 4. The van der Waals surface area contributed by atoms with Crippen molar-refractivity contribution in [1.29, 1.82) is 0 Å². The van der Waals surface area contributed by atoms with Crippen LogP contribution in [-0.2, 0) is 0 Å². The Morgan fingerprint density at radius 1 is 0.771 bits per heavy atom. The molecule has 0 spiro atoms. The first-order valence-corrected chi connectivity index (χ1v) is 11.0. The van der Waals surface area contributed by atoms with E-state index in [1.165, 1.54) is 4.90 Å². The fourth-order valence-corrected chi connectivity index (χ4v) is 4.20. The maximum absolute atomic E-state index is 12.8. The second-order valence-corrected chi connectivity index (χ2v) is 8.18. The summed E-state index contributed by atoms with van der Waals surface area (Å²) in [7, 11) is 0. The number of anilines is 2. The largest absolute Gasteiger partial charge is 0.338 e. The summed E-state index contributed by atoms with van der Waals surface area (Å²) in [6.45, 7) is 0. The number of aromatic amines is 1. The van der Waals surface area contributed by atoms with Crippen LogP contribution in [-0.4, -0.2) is 27.7 Å². The van der Waals surface area contributed by atoms with Crippen LogP contribution in [0.25, 0.3) is 22.4 Å². The molecule has 7 nitrogen and oxygen atoms in total. The molecule has 1 aliphatic heterocycles. The number of hydrogen-bond acceptors (Lipinski definition) is 4. The van der Waals surface area contributed by atoms with Gasteiger partial charge in [-0.05, 0) is 66.7 Å². The highest BCUT2D eigenvalue weighted by atomic mass is 16.2. The number of nitrogens with zero attached hydrogens (tertiary/aromatic N) is 2. The third kappa shape index (κ3) is 3.55. The van der Waals surface area contributed by atoms with E-state index in [4.69, 9.17) is 0 Å². The van der Waals surface area contributed by atoms with Gasteiger partial charge in [-0.1, -0.05) is 30.3 Å². The van der Waals surface area contributed by atoms with Crippen molar-refractivity contribution in [3.63, 3.8) is 0 Å². The number of imidazole rings is 1. The van der Waals surface area contributed by atoms with Gasteiger partial charge in [0.25, 0.3) is 17.7 Å². The fourth-order valence-electron chi connectivity index (χ4n) is 4.20. The summed E-state index contributed by atoms with van der Waals surface area (Å²) in [6, 6.07) is 28.4. The van der Waals surface area contributed by atoms with Crippen LogP contribution in [0.3, 0.4) is 0 Å². The molecule has 7 heteroatoms. The van der Waals surface area contributed by atoms with Crippen LogP contribution < -0.4 is 10.2 Å². The Morgan fingerprint density at radius 3 is 2.11 bits per heavy atom. The molecule has 1 aromatic heterocycles. The van der Waals surface area contributed by atoms with E-state index in [9.17, 15) is 14.4 Å². The molecular weight excluding hydrogens is 440 g/mol. The summed E-state index contributed by atoms with van der Waals surface area (Å²) >= 11 is 0. The smallest absolute Gasteiger partial charge is 0.266 e. The molecular formula is C28H18N4O3. The molecule has 0 radical (unpaired) electrons. The average Bonchev–Trinajstić information content (AvgIpc) is 3.43. The Bertz CT molecular complexity index is 1590. The van der Waals surface area contributed by atoms with Crippen molar-refractivity contribution in [2.75, 3.05) is 10.2 Å². The van der Waals surface area contributed by atoms with Crippen molar-refractivity contribution in [3.05, 3.63) is 114 Å². The van der Waals surface area contributed by atoms with Gasteiger partial charge in [-0.15, -0.1) is 0 Å². The molecule has 0 atom stereocenters. The topological polar surface area (TPSA) is 95.2 Å². The highest BCUT2D eigenvalue weighted by Crippen LogP contribution is 2.31. The first-order valence-electron chi connectivity index (χ1n) is 11.0. The Balaban J connectivity index is 1.25. The van der Waals surface area contributed by atoms with E-state index in [1.54, 1.807) is 54.6 Å². The van der Waals surface area contributed by atoms with E-state index in [1.807, 2.05) is 42.5 Å². The van der Waals surface area contributed by atoms with E-state index in [0.29, 0.717) is 44.9 Å². The molecule has 0 saturated carbocycles. The second-order valence-electron chi connectivity index (χ2n) is 8.18. The van der Waals surface area contributed by atoms with Crippen molar-refractivity contribution in [1.82, 2.24) is 9.97 Å². The third-order valence-corrected chi connectivity index (χ3v) is 5.97. The number of carbonyl (C=O) groups excluding carboxylic acids is 3. The van der Waals surface area contributed by atoms with Gasteiger partial charge in [0.05, 0.1) is 27.8 Å². The fraction of sp³-hybridized carbons (Fsp3) is 0. The van der Waals surface area contributed by atoms with Gasteiger partial charge in [0.15, 0.2) is 0 Å². The van der Waals surface area contributed by atoms with E-state index in [2.05, 4.69) is 15.3 Å². The van der Waals surface area contributed by atoms with Crippen LogP contribution in [0.2, 0.25) is 0 Å². The first kappa shape index (κ1) is 20.6. The minimum Gasteiger partial charge on any atom is -0.338 e. The van der Waals surface area contributed by atoms with Gasteiger partial charge in [-0.2, -0.15) is 0 Å². The predicted octanol–water partition coefficient (Wildman–Crippen LogP) is 5.28. The summed E-state index contributed by atoms with van der Waals surface area (Å²) < 4.78 is 0. The van der Waals surface area contributed by atoms with Crippen molar-refractivity contribution >= 4 is 40.1 Å². The summed E-state index contributed by atoms with van der Waals surface area (Å²) in [5.74, 6) is -0.209. The average molecular weight is 458 g/mol. The van der Waals surface area contributed by atoms with Crippen LogP contribution in [0, 0.1) is 0 Å². The molecule has 2 N–H and O–H groups in total. The zero-order valence-corrected chi connectivity index (χ0v) is 18.4. The number of amides is 3. The van der Waals surface area contributed by atoms with E-state index < -0.39 is 0 Å². The predicted molar refractivity (Wildman–Crippen MR) is 134 cm³/mol. The quantitative estimate of drug-likeness (QED) is 0.358. The van der Waals surface area contributed by atoms with Crippen LogP contribution in [0.15, 0.2) is 97.1 Å². The monoisotopic (exact) mass is 458 g/mol. The van der Waals surface area contributed by atoms with Gasteiger partial charge < -0.3 is 10.3 Å². The maximum atomic E-state index is 12.8. The molecule has 0 aliphatic carbocycles. The zero-order valence-electron chi connectivity index (χ0n) is 18.4. The summed E-state index contributed by atoms with van der Waals surface area (Å²) in [4.78, 5) is 47.1. The molecule has 3 amide bonds. The molecule has 6 rings (SSSR count). The molecule has 35 heavy (non-hydrogen) atoms. The van der Waals surface area contributed by atoms with Gasteiger partial charge in [0.2, 0.25) is 0 Å². The number of aromatic nitrogens is 2. The minimum atomic E-state index is -0.335. The Morgan fingerprint density at radius 2 is 1.43 bits per heavy atom. The summed E-state index contributed by atoms with van der Waals surface area (Å²) in [6.07, 6.45) is 0. The van der Waals surface area contributed by atoms with Crippen molar-refractivity contribution in [2.24, 2.45) is 0 Å². The molecule has 0 saturated heterocycles. The van der Waals surface area contributed by atoms with Crippen molar-refractivity contribution in [2.45, 2.75) is 0 Å². The Kier molecular flexibility index (Phi) is 4.74. The lowest BCUT2D eigenvalue weighted by atomic mass is 10.1. The van der Waals surface area contributed by atoms with Crippen LogP contribution in [0.4, 0.5) is 11.4 Å². The molecule has 1 aliphatic rings. The molecule has 168 valence electrons. The van der Waals surface area contributed by atoms with Gasteiger partial charge in [0.1, 0.15) is 5.82 Å². The van der Waals surface area contributed by atoms with Gasteiger partial charge in [-0.25, -0.2) is 9.88 Å². The van der Waals surface area contributed by atoms with E-state index in [0.717, 1.165) is 5.56 Å². The lowest BCUT2D eigenvalue weighted by molar-refractivity contribution is 0.0925. The van der Waals surface area contributed by atoms with Crippen molar-refractivity contribution in [3.8, 4) is 11.4 Å². The number of hydrogen-bond donors (Lipinski definition) is 2. The molecule has 4 aromatic carbocycles. The standard InChI is InChI=1S/C28H18N4O3/c33-26(18-6-2-1-3-7-18)29-19-12-10-17(11-13-19)25-30-23-15-14-20(16-24(23)31-25)32-27(34)21-8-4-5-9-22(21)28(32)35/h1-16H,(H,29,33)(H,30,31). The summed E-state index contributed by atoms with van der Waals surface area (Å²) in [5, 5.41) is 2.88. The number of carbonyl (C=O) groups is 3. The highest BCUT2D eigenvalue weighted by Gasteiger charge is 2.36. The zero-order chi connectivity index (χ0) is 23.9. The number of imide groups is 1. The third-order valence-electron chi connectivity index (χ3n) is 5.97. The van der Waals surface area contributed by atoms with Crippen LogP contribution in [0.5, 0.6) is 0 Å². The Labute approximate surface area is 200 Å². The highest BCUT2D eigenvalue weighted by molar-refractivity contribution is 6.34. The van der Waals surface area contributed by atoms with Crippen LogP contribution in [0.1, 0.15) is 31.1 Å². The Hall–Kier alpha value is -5.04. The molecule has 0 fully saturated rings. The molecule has 2 heterocycles. The van der Waals surface area contributed by atoms with Gasteiger partial charge in [-0.3, -0.25) is 14.4 Å². The van der Waals surface area contributed by atoms with Gasteiger partial charge in [0, 0.05) is 16.8 Å². The molecule has 0 bridgehead atoms. The van der Waals surface area contributed by atoms with Crippen molar-refractivity contribution < 1.29 is 14.4 Å². The van der Waals surface area contributed by atoms with Crippen LogP contribution >= 0.6 is 0 Å². The molecule has 0 unspecified atom stereocenters. The SMILES string of the molecule is O=C(Nc1ccc(-c2nc3ccc(N4C(=O)c5ccccc5C4=O)cc3[nH]2)cc1)c1ccccc1. The number of rotatable bonds is 4. The van der Waals surface area contributed by atoms with Gasteiger partial charge >= 0.3 is 0 Å². The minimum absolute atomic E-state index is 0.178. The molecule has 5 aromatic rings. The lowest BCUT2D eigenvalue weighted by Crippen LogP contribution is -2.29. The number of nitrogens with one attached hydrogen (secondary N) is 2. The normalized spacial score (nSPS) is 12.7. The lowest BCUT2D eigenvalue weighted by Gasteiger charge is -2.13. The van der Waals surface area contributed by atoms with E-state index >= 15 is 0 Å². The first-order chi connectivity index (χ1) is 17.1. The second kappa shape index (κ2) is 8.07. The van der Waals surface area contributed by atoms with E-state index in [-0.39, 0.29) is 17.7 Å². The number of fused-ring (bicyclic) bond motifs is 2. The maximum Gasteiger partial charge on any atom is 0.266 e. The number of H-pyrrole nitrogens is 1. The summed E-state index contributed by atoms with van der Waals surface area (Å²) in [5.41, 5.74) is 4.80.